The monoisotopic (exact) mass is 203 g/mol. The van der Waals surface area contributed by atoms with E-state index in [1.807, 2.05) is 6.92 Å². The van der Waals surface area contributed by atoms with Crippen LogP contribution in [-0.2, 0) is 9.47 Å². The Balaban J connectivity index is 3.21. The third-order valence-electron chi connectivity index (χ3n) is 1.78. The normalized spacial score (nSPS) is 14.4. The van der Waals surface area contributed by atoms with Gasteiger partial charge in [-0.2, -0.15) is 0 Å². The summed E-state index contributed by atoms with van der Waals surface area (Å²) in [6.45, 7) is 11.0. The van der Waals surface area contributed by atoms with Gasteiger partial charge in [-0.3, -0.25) is 0 Å². The van der Waals surface area contributed by atoms with Gasteiger partial charge in [0.15, 0.2) is 0 Å². The minimum atomic E-state index is 0.203. The van der Waals surface area contributed by atoms with Crippen LogP contribution in [0.25, 0.3) is 0 Å². The summed E-state index contributed by atoms with van der Waals surface area (Å²) in [7, 11) is 1.70. The molecule has 1 N–H and O–H groups in total. The van der Waals surface area contributed by atoms with E-state index in [0.29, 0.717) is 6.61 Å². The van der Waals surface area contributed by atoms with Crippen LogP contribution in [0.15, 0.2) is 0 Å². The van der Waals surface area contributed by atoms with Gasteiger partial charge >= 0.3 is 0 Å². The summed E-state index contributed by atoms with van der Waals surface area (Å²) < 4.78 is 10.5. The molecule has 14 heavy (non-hydrogen) atoms. The Labute approximate surface area is 88.2 Å². The third-order valence-corrected chi connectivity index (χ3v) is 1.78. The van der Waals surface area contributed by atoms with Gasteiger partial charge in [-0.25, -0.2) is 0 Å². The number of hydrogen-bond acceptors (Lipinski definition) is 3. The molecule has 0 saturated heterocycles. The van der Waals surface area contributed by atoms with E-state index in [4.69, 9.17) is 9.47 Å². The fourth-order valence-electron chi connectivity index (χ4n) is 1.10. The van der Waals surface area contributed by atoms with Gasteiger partial charge in [-0.1, -0.05) is 0 Å². The lowest BCUT2D eigenvalue weighted by Gasteiger charge is -2.20. The minimum Gasteiger partial charge on any atom is -0.382 e. The Hall–Kier alpha value is -0.120. The molecule has 0 aromatic heterocycles. The molecule has 3 nitrogen and oxygen atoms in total. The zero-order chi connectivity index (χ0) is 11.0. The summed E-state index contributed by atoms with van der Waals surface area (Å²) in [5, 5.41) is 3.42. The molecule has 0 aliphatic heterocycles. The average Bonchev–Trinajstić information content (AvgIpc) is 2.02. The Bertz CT molecular complexity index is 132. The fraction of sp³-hybridized carbons (Fsp3) is 1.00. The van der Waals surface area contributed by atoms with Gasteiger partial charge in [0.2, 0.25) is 0 Å². The van der Waals surface area contributed by atoms with E-state index < -0.39 is 0 Å². The molecule has 0 bridgehead atoms. The van der Waals surface area contributed by atoms with Gasteiger partial charge < -0.3 is 14.8 Å². The van der Waals surface area contributed by atoms with E-state index in [2.05, 4.69) is 26.1 Å². The highest BCUT2D eigenvalue weighted by Gasteiger charge is 2.07. The summed E-state index contributed by atoms with van der Waals surface area (Å²) in [6, 6.07) is 0. The van der Waals surface area contributed by atoms with Gasteiger partial charge in [0, 0.05) is 19.3 Å². The maximum Gasteiger partial charge on any atom is 0.0780 e. The molecule has 0 heterocycles. The van der Waals surface area contributed by atoms with Crippen LogP contribution in [0.3, 0.4) is 0 Å². The average molecular weight is 203 g/mol. The van der Waals surface area contributed by atoms with Crippen molar-refractivity contribution in [3.63, 3.8) is 0 Å². The molecule has 0 radical (unpaired) electrons. The molecule has 0 aromatic carbocycles. The van der Waals surface area contributed by atoms with E-state index in [-0.39, 0.29) is 11.6 Å². The number of rotatable bonds is 7. The maximum absolute atomic E-state index is 5.53. The van der Waals surface area contributed by atoms with Crippen LogP contribution in [0, 0.1) is 0 Å². The molecular formula is C11H25NO2. The zero-order valence-corrected chi connectivity index (χ0v) is 10.2. The van der Waals surface area contributed by atoms with Crippen molar-refractivity contribution >= 4 is 0 Å². The topological polar surface area (TPSA) is 30.5 Å². The second-order valence-electron chi connectivity index (χ2n) is 4.67. The van der Waals surface area contributed by atoms with Crippen LogP contribution in [0.2, 0.25) is 0 Å². The maximum atomic E-state index is 5.53. The SMILES string of the molecule is COCC(C)OCCCNC(C)(C)C. The first kappa shape index (κ1) is 13.9. The fourth-order valence-corrected chi connectivity index (χ4v) is 1.10. The van der Waals surface area contributed by atoms with E-state index in [1.165, 1.54) is 0 Å². The molecule has 0 saturated carbocycles. The molecule has 1 unspecified atom stereocenters. The van der Waals surface area contributed by atoms with Gasteiger partial charge in [0.25, 0.3) is 0 Å². The number of methoxy groups -OCH3 is 1. The van der Waals surface area contributed by atoms with Crippen molar-refractivity contribution in [3.05, 3.63) is 0 Å². The summed E-state index contributed by atoms with van der Waals surface area (Å²) in [4.78, 5) is 0. The molecule has 0 spiro atoms. The van der Waals surface area contributed by atoms with Crippen LogP contribution >= 0.6 is 0 Å². The lowest BCUT2D eigenvalue weighted by molar-refractivity contribution is 0.00807. The molecule has 86 valence electrons. The van der Waals surface area contributed by atoms with E-state index in [1.54, 1.807) is 7.11 Å². The second kappa shape index (κ2) is 7.21. The summed E-state index contributed by atoms with van der Waals surface area (Å²) >= 11 is 0. The predicted molar refractivity (Wildman–Crippen MR) is 59.7 cm³/mol. The Morgan fingerprint density at radius 3 is 2.43 bits per heavy atom. The summed E-state index contributed by atoms with van der Waals surface area (Å²) in [5.41, 5.74) is 0.206. The minimum absolute atomic E-state index is 0.203. The van der Waals surface area contributed by atoms with Crippen molar-refractivity contribution in [1.29, 1.82) is 0 Å². The van der Waals surface area contributed by atoms with Crippen molar-refractivity contribution < 1.29 is 9.47 Å². The lowest BCUT2D eigenvalue weighted by atomic mass is 10.1. The molecule has 0 fully saturated rings. The molecule has 0 rings (SSSR count). The Morgan fingerprint density at radius 2 is 1.93 bits per heavy atom. The number of hydrogen-bond donors (Lipinski definition) is 1. The van der Waals surface area contributed by atoms with E-state index >= 15 is 0 Å². The van der Waals surface area contributed by atoms with Crippen LogP contribution in [0.5, 0.6) is 0 Å². The van der Waals surface area contributed by atoms with Crippen molar-refractivity contribution in [3.8, 4) is 0 Å². The van der Waals surface area contributed by atoms with Crippen molar-refractivity contribution in [1.82, 2.24) is 5.32 Å². The van der Waals surface area contributed by atoms with E-state index in [0.717, 1.165) is 19.6 Å². The molecule has 0 aliphatic rings. The number of ether oxygens (including phenoxy) is 2. The molecule has 1 atom stereocenters. The highest BCUT2D eigenvalue weighted by Crippen LogP contribution is 1.98. The smallest absolute Gasteiger partial charge is 0.0780 e. The number of nitrogens with one attached hydrogen (secondary N) is 1. The molecule has 0 amide bonds. The first-order valence-electron chi connectivity index (χ1n) is 5.31. The molecule has 0 aliphatic carbocycles. The van der Waals surface area contributed by atoms with Gasteiger partial charge in [-0.15, -0.1) is 0 Å². The third kappa shape index (κ3) is 9.96. The second-order valence-corrected chi connectivity index (χ2v) is 4.67. The van der Waals surface area contributed by atoms with Gasteiger partial charge in [0.1, 0.15) is 0 Å². The molecular weight excluding hydrogens is 178 g/mol. The molecule has 3 heteroatoms. The largest absolute Gasteiger partial charge is 0.382 e. The molecule has 0 aromatic rings. The van der Waals surface area contributed by atoms with Gasteiger partial charge in [0.05, 0.1) is 12.7 Å². The van der Waals surface area contributed by atoms with Crippen molar-refractivity contribution in [2.45, 2.75) is 45.8 Å². The zero-order valence-electron chi connectivity index (χ0n) is 10.2. The summed E-state index contributed by atoms with van der Waals surface area (Å²) in [6.07, 6.45) is 1.25. The van der Waals surface area contributed by atoms with Crippen molar-refractivity contribution in [2.75, 3.05) is 26.9 Å². The standard InChI is InChI=1S/C11H25NO2/c1-10(9-13-5)14-8-6-7-12-11(2,3)4/h10,12H,6-9H2,1-5H3. The lowest BCUT2D eigenvalue weighted by Crippen LogP contribution is -2.36. The highest BCUT2D eigenvalue weighted by molar-refractivity contribution is 4.69. The highest BCUT2D eigenvalue weighted by atomic mass is 16.5. The predicted octanol–water partition coefficient (Wildman–Crippen LogP) is 1.82. The van der Waals surface area contributed by atoms with Crippen LogP contribution in [0.4, 0.5) is 0 Å². The first-order valence-corrected chi connectivity index (χ1v) is 5.31. The summed E-state index contributed by atoms with van der Waals surface area (Å²) in [5.74, 6) is 0. The van der Waals surface area contributed by atoms with E-state index in [9.17, 15) is 0 Å². The Kier molecular flexibility index (Phi) is 7.15. The van der Waals surface area contributed by atoms with Crippen molar-refractivity contribution in [2.24, 2.45) is 0 Å². The van der Waals surface area contributed by atoms with Crippen LogP contribution in [-0.4, -0.2) is 38.5 Å². The Morgan fingerprint density at radius 1 is 1.29 bits per heavy atom. The van der Waals surface area contributed by atoms with Crippen LogP contribution < -0.4 is 5.32 Å². The van der Waals surface area contributed by atoms with Gasteiger partial charge in [-0.05, 0) is 40.7 Å². The first-order chi connectivity index (χ1) is 6.45. The quantitative estimate of drug-likeness (QED) is 0.640. The van der Waals surface area contributed by atoms with Crippen LogP contribution in [0.1, 0.15) is 34.1 Å².